The van der Waals surface area contributed by atoms with Crippen molar-refractivity contribution in [3.05, 3.63) is 224 Å². The summed E-state index contributed by atoms with van der Waals surface area (Å²) in [6.07, 6.45) is 10.6. The van der Waals surface area contributed by atoms with Crippen LogP contribution >= 0.6 is 0 Å². The smallest absolute Gasteiger partial charge is 0.163 e. The van der Waals surface area contributed by atoms with E-state index in [1.54, 1.807) is 75.4 Å². The van der Waals surface area contributed by atoms with Crippen molar-refractivity contribution in [1.29, 1.82) is 0 Å². The largest absolute Gasteiger partial charge is 0.489 e. The number of hydrogen-bond acceptors (Lipinski definition) is 15. The fourth-order valence-corrected chi connectivity index (χ4v) is 14.3. The van der Waals surface area contributed by atoms with Crippen LogP contribution in [0, 0.1) is 17.5 Å². The highest BCUT2D eigenvalue weighted by Crippen LogP contribution is 2.49. The number of nitrogens with one attached hydrogen (secondary N) is 2. The number of nitrogens with zero attached hydrogens (tertiary/aromatic N) is 3. The van der Waals surface area contributed by atoms with E-state index < -0.39 is 64.9 Å². The molecule has 0 bridgehead atoms. The Morgan fingerprint density at radius 1 is 0.495 bits per heavy atom. The highest BCUT2D eigenvalue weighted by molar-refractivity contribution is 7.84. The molecule has 3 aliphatic heterocycles. The van der Waals surface area contributed by atoms with Gasteiger partial charge in [-0.25, -0.2) is 46.0 Å². The Kier molecular flexibility index (Phi) is 21.3. The van der Waals surface area contributed by atoms with Crippen LogP contribution in [-0.4, -0.2) is 86.1 Å². The molecule has 0 saturated heterocycles. The maximum Gasteiger partial charge on any atom is 0.163 e. The van der Waals surface area contributed by atoms with E-state index in [1.165, 1.54) is 47.5 Å². The Hall–Kier alpha value is -8.42. The van der Waals surface area contributed by atoms with Crippen molar-refractivity contribution in [1.82, 2.24) is 24.4 Å². The molecule has 5 unspecified atom stereocenters. The van der Waals surface area contributed by atoms with Gasteiger partial charge in [0.05, 0.1) is 65.2 Å². The third-order valence-corrected chi connectivity index (χ3v) is 22.8. The van der Waals surface area contributed by atoms with Gasteiger partial charge in [0.15, 0.2) is 28.8 Å². The molecule has 8 atom stereocenters. The number of Topliss-reactive ketones (excluding diaryl/α,β-unsaturated/α-hetero) is 2. The minimum absolute atomic E-state index is 0.0272. The van der Waals surface area contributed by atoms with Gasteiger partial charge in [0.2, 0.25) is 0 Å². The lowest BCUT2D eigenvalue weighted by atomic mass is 9.87. The first kappa shape index (κ1) is 75.7. The number of halogens is 3. The van der Waals surface area contributed by atoms with Gasteiger partial charge in [0.1, 0.15) is 71.2 Å². The Morgan fingerprint density at radius 2 is 0.825 bits per heavy atom. The number of ether oxygens (including phenoxy) is 3. The number of rotatable bonds is 19. The summed E-state index contributed by atoms with van der Waals surface area (Å²) in [6.45, 7) is 22.6. The van der Waals surface area contributed by atoms with Crippen LogP contribution in [0.2, 0.25) is 0 Å². The number of aliphatic hydroxyl groups is 3. The highest BCUT2D eigenvalue weighted by Gasteiger charge is 2.46. The van der Waals surface area contributed by atoms with Crippen LogP contribution in [0.4, 0.5) is 13.2 Å². The molecule has 103 heavy (non-hydrogen) atoms. The Balaban J connectivity index is 0.000000157. The second-order valence-electron chi connectivity index (χ2n) is 30.5. The van der Waals surface area contributed by atoms with Crippen LogP contribution in [0.1, 0.15) is 186 Å². The number of allylic oxidation sites excluding steroid dienone is 2. The van der Waals surface area contributed by atoms with Gasteiger partial charge in [-0.15, -0.1) is 0 Å². The maximum atomic E-state index is 13.7. The molecular formula is C81H90F3N7O10S2. The molecule has 3 aromatic heterocycles. The summed E-state index contributed by atoms with van der Waals surface area (Å²) < 4.78 is 89.9. The van der Waals surface area contributed by atoms with E-state index in [1.807, 2.05) is 111 Å². The zero-order chi connectivity index (χ0) is 74.6. The van der Waals surface area contributed by atoms with E-state index in [2.05, 4.69) is 26.6 Å². The second-order valence-corrected chi connectivity index (χ2v) is 34.5. The molecule has 17 nitrogen and oxygen atoms in total. The van der Waals surface area contributed by atoms with Gasteiger partial charge in [0.25, 0.3) is 0 Å². The lowest BCUT2D eigenvalue weighted by molar-refractivity contribution is 0.0395. The number of nitrogens with two attached hydrogens (primary N) is 2. The number of carbonyl (C=O) groups is 2. The lowest BCUT2D eigenvalue weighted by Crippen LogP contribution is -2.47. The highest BCUT2D eigenvalue weighted by atomic mass is 32.2. The van der Waals surface area contributed by atoms with E-state index in [9.17, 15) is 46.5 Å². The monoisotopic (exact) mass is 1440 g/mol. The maximum absolute atomic E-state index is 13.7. The standard InChI is InChI=1S/C32H35FN2O4S.C28H27FN2O3.C21H28FN3O3S/c1-30(2,3)40(38)35-31(4)19-39-29-25(31)18-27(34-28(29)21-11-13-24(33)14-12-21)32(5,37)16-15-26(36)23-10-9-20-7-6-8-22(20)17-23;1-27(30)16-34-26-22(27)15-24(31-25(26)18-8-10-21(29)11-9-18)28(2,33)13-12-23(32)20-7-6-17-4-3-5-19(17)14-20;1-19(2,3)29(27)25-20(4)12-28-18-15(20)10-16(21(5,26)11-23)24-17(18)13-6-8-14(22)9-7-13/h6,8-14,17-18,35,37H,7,15-16,19H2,1-5H3;3,5-11,14-15,33H,4,12-13,16,30H2,1-2H3;6-10,25-26H,11-12,23H2,1-5H3/t31-,32?,40?;27-,28?;20-,21?,29?/m111/s1. The number of pyridine rings is 3. The van der Waals surface area contributed by atoms with Crippen LogP contribution in [0.3, 0.4) is 0 Å². The van der Waals surface area contributed by atoms with Crippen molar-refractivity contribution in [2.75, 3.05) is 26.4 Å². The van der Waals surface area contributed by atoms with E-state index >= 15 is 0 Å². The normalized spacial score (nSPS) is 20.5. The Labute approximate surface area is 605 Å². The van der Waals surface area contributed by atoms with Crippen LogP contribution in [0.15, 0.2) is 140 Å². The summed E-state index contributed by atoms with van der Waals surface area (Å²) in [4.78, 5) is 40.1. The van der Waals surface area contributed by atoms with Gasteiger partial charge >= 0.3 is 0 Å². The van der Waals surface area contributed by atoms with Crippen molar-refractivity contribution in [2.45, 2.75) is 165 Å². The van der Waals surface area contributed by atoms with Crippen LogP contribution in [-0.2, 0) is 68.2 Å². The average molecular weight is 1440 g/mol. The fourth-order valence-electron chi connectivity index (χ4n) is 12.5. The van der Waals surface area contributed by atoms with Gasteiger partial charge < -0.3 is 41.0 Å². The second kappa shape index (κ2) is 28.9. The Bertz CT molecular complexity index is 4700. The van der Waals surface area contributed by atoms with E-state index in [0.29, 0.717) is 84.8 Å². The van der Waals surface area contributed by atoms with Crippen LogP contribution in [0.5, 0.6) is 17.2 Å². The Morgan fingerprint density at radius 3 is 1.17 bits per heavy atom. The van der Waals surface area contributed by atoms with E-state index in [-0.39, 0.29) is 81.1 Å². The molecule has 0 radical (unpaired) electrons. The molecule has 0 saturated carbocycles. The first-order chi connectivity index (χ1) is 48.3. The lowest BCUT2D eigenvalue weighted by Gasteiger charge is -2.30. The average Bonchev–Trinajstić information content (AvgIpc) is 1.63. The summed E-state index contributed by atoms with van der Waals surface area (Å²) in [6, 6.07) is 34.5. The van der Waals surface area contributed by atoms with Crippen molar-refractivity contribution >= 4 is 45.7 Å². The zero-order valence-electron chi connectivity index (χ0n) is 60.2. The molecule has 2 aliphatic carbocycles. The van der Waals surface area contributed by atoms with Gasteiger partial charge in [0, 0.05) is 63.9 Å². The van der Waals surface area contributed by atoms with Crippen LogP contribution < -0.4 is 35.1 Å². The van der Waals surface area contributed by atoms with Crippen molar-refractivity contribution in [3.8, 4) is 51.0 Å². The summed E-state index contributed by atoms with van der Waals surface area (Å²) in [5.41, 5.74) is 18.1. The molecule has 0 spiro atoms. The number of ketones is 2. The molecule has 8 aromatic rings. The number of hydrogen-bond donors (Lipinski definition) is 7. The van der Waals surface area contributed by atoms with Crippen LogP contribution in [0.25, 0.3) is 45.9 Å². The number of carbonyl (C=O) groups excluding carboxylic acids is 2. The van der Waals surface area contributed by atoms with Crippen molar-refractivity contribution in [2.24, 2.45) is 11.5 Å². The van der Waals surface area contributed by atoms with E-state index in [4.69, 9.17) is 35.6 Å². The molecule has 0 amide bonds. The van der Waals surface area contributed by atoms with Gasteiger partial charge in [-0.2, -0.15) is 0 Å². The zero-order valence-corrected chi connectivity index (χ0v) is 61.8. The minimum Gasteiger partial charge on any atom is -0.489 e. The molecule has 22 heteroatoms. The topological polar surface area (TPSA) is 271 Å². The molecular weight excluding hydrogens is 1350 g/mol. The van der Waals surface area contributed by atoms with Gasteiger partial charge in [-0.3, -0.25) is 9.59 Å². The predicted octanol–water partition coefficient (Wildman–Crippen LogP) is 13.6. The van der Waals surface area contributed by atoms with Crippen molar-refractivity contribution < 1.29 is 60.7 Å². The number of benzene rings is 5. The molecule has 542 valence electrons. The molecule has 5 aliphatic rings. The van der Waals surface area contributed by atoms with E-state index in [0.717, 1.165) is 35.1 Å². The summed E-state index contributed by atoms with van der Waals surface area (Å²) in [7, 11) is -2.74. The fraction of sp³-hybridized carbons (Fsp3) is 0.370. The summed E-state index contributed by atoms with van der Waals surface area (Å²) in [5.74, 6) is 0.380. The third kappa shape index (κ3) is 16.4. The minimum atomic E-state index is -1.46. The first-order valence-electron chi connectivity index (χ1n) is 34.3. The third-order valence-electron chi connectivity index (χ3n) is 19.3. The van der Waals surface area contributed by atoms with Crippen molar-refractivity contribution in [3.63, 3.8) is 0 Å². The molecule has 9 N–H and O–H groups in total. The van der Waals surface area contributed by atoms with Gasteiger partial charge in [-0.1, -0.05) is 48.6 Å². The number of fused-ring (bicyclic) bond motifs is 5. The first-order valence-corrected chi connectivity index (χ1v) is 36.6. The SMILES string of the molecule is CC(O)(CCC(=O)c1ccc2c(c1)C=CC2)c1cc2c(c(-c3ccc(F)cc3)n1)OC[C@@]2(C)N.CC(O)(CCC(=O)c1ccc2c(c1)C=CC2)c1cc2c(c(-c3ccc(F)cc3)n1)OC[C@@]2(C)NS(=O)C(C)(C)C.CC(O)(CN)c1cc2c(c(-c3ccc(F)cc3)n1)OC[C@@]2(C)NS(=O)C(C)(C)C. The summed E-state index contributed by atoms with van der Waals surface area (Å²) in [5, 5.41) is 33.8. The summed E-state index contributed by atoms with van der Waals surface area (Å²) >= 11 is 0. The molecule has 13 rings (SSSR count). The molecule has 0 fully saturated rings. The number of aromatic nitrogens is 3. The quantitative estimate of drug-likeness (QED) is 0.0371. The predicted molar refractivity (Wildman–Crippen MR) is 397 cm³/mol. The molecule has 5 aromatic carbocycles. The molecule has 6 heterocycles. The van der Waals surface area contributed by atoms with Gasteiger partial charge in [-0.05, 0) is 234 Å².